The standard InChI is InChI=1S/C8H10N2S/c1-3-10-6-11-8-2-4-9-5-7(1)8/h1-3,5,9-10H,4,6H2. The lowest BCUT2D eigenvalue weighted by atomic mass is 10.2. The zero-order valence-corrected chi connectivity index (χ0v) is 6.95. The Bertz CT molecular complexity index is 240. The molecule has 0 atom stereocenters. The molecule has 58 valence electrons. The van der Waals surface area contributed by atoms with Crippen molar-refractivity contribution in [3.8, 4) is 0 Å². The minimum Gasteiger partial charge on any atom is -0.387 e. The normalized spacial score (nSPS) is 21.8. The van der Waals surface area contributed by atoms with Crippen molar-refractivity contribution < 1.29 is 0 Å². The van der Waals surface area contributed by atoms with Gasteiger partial charge in [0.1, 0.15) is 0 Å². The van der Waals surface area contributed by atoms with Crippen molar-refractivity contribution in [1.82, 2.24) is 10.6 Å². The van der Waals surface area contributed by atoms with Gasteiger partial charge in [0.05, 0.1) is 5.88 Å². The fourth-order valence-corrected chi connectivity index (χ4v) is 1.93. The van der Waals surface area contributed by atoms with Crippen LogP contribution in [0.3, 0.4) is 0 Å². The molecule has 0 unspecified atom stereocenters. The minimum absolute atomic E-state index is 0.958. The van der Waals surface area contributed by atoms with E-state index in [4.69, 9.17) is 0 Å². The highest BCUT2D eigenvalue weighted by Crippen LogP contribution is 2.26. The molecule has 0 saturated carbocycles. The second-order valence-electron chi connectivity index (χ2n) is 2.40. The SMILES string of the molecule is C1=CC2=CNCC=C2SCN1. The first kappa shape index (κ1) is 6.85. The Balaban J connectivity index is 2.27. The van der Waals surface area contributed by atoms with Crippen LogP contribution in [0.25, 0.3) is 0 Å². The van der Waals surface area contributed by atoms with E-state index in [-0.39, 0.29) is 0 Å². The lowest BCUT2D eigenvalue weighted by Gasteiger charge is -2.11. The number of fused-ring (bicyclic) bond motifs is 1. The molecule has 2 heterocycles. The quantitative estimate of drug-likeness (QED) is 0.565. The molecule has 0 spiro atoms. The van der Waals surface area contributed by atoms with Crippen LogP contribution in [0, 0.1) is 0 Å². The van der Waals surface area contributed by atoms with E-state index in [1.807, 2.05) is 18.0 Å². The van der Waals surface area contributed by atoms with E-state index in [9.17, 15) is 0 Å². The van der Waals surface area contributed by atoms with E-state index in [0.717, 1.165) is 12.4 Å². The summed E-state index contributed by atoms with van der Waals surface area (Å²) in [5.74, 6) is 0.972. The third kappa shape index (κ3) is 1.43. The first-order valence-corrected chi connectivity index (χ1v) is 4.62. The molecule has 0 saturated heterocycles. The van der Waals surface area contributed by atoms with E-state index >= 15 is 0 Å². The smallest absolute Gasteiger partial charge is 0.0651 e. The Morgan fingerprint density at radius 3 is 3.36 bits per heavy atom. The largest absolute Gasteiger partial charge is 0.387 e. The van der Waals surface area contributed by atoms with Gasteiger partial charge in [-0.05, 0) is 12.3 Å². The molecule has 0 bridgehead atoms. The van der Waals surface area contributed by atoms with Gasteiger partial charge in [-0.25, -0.2) is 0 Å². The Morgan fingerprint density at radius 1 is 1.36 bits per heavy atom. The summed E-state index contributed by atoms with van der Waals surface area (Å²) in [6.45, 7) is 0.958. The van der Waals surface area contributed by atoms with Crippen molar-refractivity contribution >= 4 is 11.8 Å². The number of hydrogen-bond acceptors (Lipinski definition) is 3. The minimum atomic E-state index is 0.958. The van der Waals surface area contributed by atoms with Crippen LogP contribution >= 0.6 is 11.8 Å². The van der Waals surface area contributed by atoms with Crippen molar-refractivity contribution in [2.45, 2.75) is 0 Å². The average Bonchev–Trinajstić information content (AvgIpc) is 2.28. The van der Waals surface area contributed by atoms with E-state index in [2.05, 4.69) is 29.0 Å². The van der Waals surface area contributed by atoms with Crippen LogP contribution in [0.5, 0.6) is 0 Å². The summed E-state index contributed by atoms with van der Waals surface area (Å²) >= 11 is 1.85. The highest BCUT2D eigenvalue weighted by molar-refractivity contribution is 8.03. The van der Waals surface area contributed by atoms with Gasteiger partial charge in [-0.2, -0.15) is 0 Å². The van der Waals surface area contributed by atoms with Crippen LogP contribution in [-0.4, -0.2) is 12.4 Å². The molecule has 0 aliphatic carbocycles. The molecule has 2 aliphatic rings. The van der Waals surface area contributed by atoms with Crippen LogP contribution in [0.2, 0.25) is 0 Å². The molecule has 11 heavy (non-hydrogen) atoms. The molecule has 0 aromatic heterocycles. The predicted molar refractivity (Wildman–Crippen MR) is 48.9 cm³/mol. The topological polar surface area (TPSA) is 24.1 Å². The molecule has 0 fully saturated rings. The molecule has 2 N–H and O–H groups in total. The van der Waals surface area contributed by atoms with E-state index in [0.29, 0.717) is 0 Å². The number of hydrogen-bond donors (Lipinski definition) is 2. The van der Waals surface area contributed by atoms with Crippen LogP contribution in [0.15, 0.2) is 35.0 Å². The van der Waals surface area contributed by atoms with Crippen molar-refractivity contribution in [1.29, 1.82) is 0 Å². The predicted octanol–water partition coefficient (Wildman–Crippen LogP) is 1.16. The van der Waals surface area contributed by atoms with Gasteiger partial charge in [0, 0.05) is 23.2 Å². The molecular weight excluding hydrogens is 156 g/mol. The van der Waals surface area contributed by atoms with E-state index in [1.165, 1.54) is 10.5 Å². The van der Waals surface area contributed by atoms with Gasteiger partial charge in [0.15, 0.2) is 0 Å². The fourth-order valence-electron chi connectivity index (χ4n) is 1.10. The van der Waals surface area contributed by atoms with Crippen molar-refractivity contribution in [2.24, 2.45) is 0 Å². The van der Waals surface area contributed by atoms with Gasteiger partial charge < -0.3 is 10.6 Å². The fraction of sp³-hybridized carbons (Fsp3) is 0.250. The zero-order chi connectivity index (χ0) is 7.52. The van der Waals surface area contributed by atoms with E-state index in [1.54, 1.807) is 0 Å². The molecule has 0 amide bonds. The van der Waals surface area contributed by atoms with Gasteiger partial charge in [0.25, 0.3) is 0 Å². The monoisotopic (exact) mass is 166 g/mol. The number of nitrogens with one attached hydrogen (secondary N) is 2. The molecule has 3 heteroatoms. The maximum Gasteiger partial charge on any atom is 0.0651 e. The van der Waals surface area contributed by atoms with Gasteiger partial charge >= 0.3 is 0 Å². The Kier molecular flexibility index (Phi) is 1.90. The zero-order valence-electron chi connectivity index (χ0n) is 6.13. The van der Waals surface area contributed by atoms with E-state index < -0.39 is 0 Å². The molecule has 0 aromatic carbocycles. The van der Waals surface area contributed by atoms with Gasteiger partial charge in [-0.3, -0.25) is 0 Å². The third-order valence-corrected chi connectivity index (χ3v) is 2.66. The average molecular weight is 166 g/mol. The van der Waals surface area contributed by atoms with Crippen molar-refractivity contribution in [3.05, 3.63) is 35.0 Å². The summed E-state index contributed by atoms with van der Waals surface area (Å²) in [5, 5.41) is 6.36. The van der Waals surface area contributed by atoms with Crippen LogP contribution in [-0.2, 0) is 0 Å². The van der Waals surface area contributed by atoms with Crippen molar-refractivity contribution in [2.75, 3.05) is 12.4 Å². The number of rotatable bonds is 0. The molecule has 2 rings (SSSR count). The summed E-state index contributed by atoms with van der Waals surface area (Å²) in [5.41, 5.74) is 1.28. The van der Waals surface area contributed by atoms with Crippen LogP contribution < -0.4 is 10.6 Å². The van der Waals surface area contributed by atoms with Crippen molar-refractivity contribution in [3.63, 3.8) is 0 Å². The highest BCUT2D eigenvalue weighted by Gasteiger charge is 2.07. The Labute approximate surface area is 70.4 Å². The molecule has 0 aromatic rings. The summed E-state index contributed by atoms with van der Waals surface area (Å²) < 4.78 is 0. The molecular formula is C8H10N2S. The molecule has 0 radical (unpaired) electrons. The molecule has 2 aliphatic heterocycles. The Morgan fingerprint density at radius 2 is 2.36 bits per heavy atom. The maximum absolute atomic E-state index is 3.18. The Hall–Kier alpha value is -0.830. The van der Waals surface area contributed by atoms with Gasteiger partial charge in [-0.1, -0.05) is 6.08 Å². The summed E-state index contributed by atoms with van der Waals surface area (Å²) in [6.07, 6.45) is 8.37. The highest BCUT2D eigenvalue weighted by atomic mass is 32.2. The summed E-state index contributed by atoms with van der Waals surface area (Å²) in [7, 11) is 0. The van der Waals surface area contributed by atoms with Gasteiger partial charge in [-0.15, -0.1) is 11.8 Å². The first-order valence-electron chi connectivity index (χ1n) is 3.63. The second-order valence-corrected chi connectivity index (χ2v) is 3.42. The van der Waals surface area contributed by atoms with Crippen LogP contribution in [0.4, 0.5) is 0 Å². The summed E-state index contributed by atoms with van der Waals surface area (Å²) in [4.78, 5) is 1.38. The molecule has 2 nitrogen and oxygen atoms in total. The first-order chi connectivity index (χ1) is 5.47. The number of allylic oxidation sites excluding steroid dienone is 2. The third-order valence-electron chi connectivity index (χ3n) is 1.64. The number of thioether (sulfide) groups is 1. The lowest BCUT2D eigenvalue weighted by molar-refractivity contribution is 0.959. The second kappa shape index (κ2) is 3.05. The van der Waals surface area contributed by atoms with Crippen LogP contribution in [0.1, 0.15) is 0 Å². The van der Waals surface area contributed by atoms with Gasteiger partial charge in [0.2, 0.25) is 0 Å². The summed E-state index contributed by atoms with van der Waals surface area (Å²) in [6, 6.07) is 0. The lowest BCUT2D eigenvalue weighted by Crippen LogP contribution is -2.10. The maximum atomic E-state index is 3.18. The number of dihydropyridines is 1.